The second kappa shape index (κ2) is 8.93. The number of aliphatic carboxylic acids is 1. The lowest BCUT2D eigenvalue weighted by Gasteiger charge is -2.14. The molecule has 0 bridgehead atoms. The highest BCUT2D eigenvalue weighted by Crippen LogP contribution is 2.33. The van der Waals surface area contributed by atoms with E-state index in [2.05, 4.69) is 22.1 Å². The van der Waals surface area contributed by atoms with E-state index >= 15 is 0 Å². The van der Waals surface area contributed by atoms with Crippen LogP contribution in [-0.2, 0) is 11.2 Å². The molecule has 0 aliphatic carbocycles. The number of fused-ring (bicyclic) bond motifs is 1. The molecule has 146 valence electrons. The SMILES string of the molecule is CCCc1nc(S/C(=C\c2ccc(OC(C)C)c3ccccc23)C(=O)O)n[nH]1. The molecule has 0 fully saturated rings. The Morgan fingerprint density at radius 1 is 1.25 bits per heavy atom. The van der Waals surface area contributed by atoms with Crippen molar-refractivity contribution in [2.45, 2.75) is 44.9 Å². The maximum Gasteiger partial charge on any atom is 0.342 e. The van der Waals surface area contributed by atoms with Crippen molar-refractivity contribution in [2.75, 3.05) is 0 Å². The second-order valence-electron chi connectivity index (χ2n) is 6.60. The number of carboxylic acids is 1. The molecular weight excluding hydrogens is 374 g/mol. The summed E-state index contributed by atoms with van der Waals surface area (Å²) in [5, 5.41) is 18.9. The molecule has 7 heteroatoms. The van der Waals surface area contributed by atoms with Crippen molar-refractivity contribution in [1.82, 2.24) is 15.2 Å². The van der Waals surface area contributed by atoms with Crippen molar-refractivity contribution in [3.8, 4) is 5.75 Å². The standard InChI is InChI=1S/C21H23N3O3S/c1-4-7-19-22-21(24-23-19)28-18(20(25)26)12-14-10-11-17(27-13(2)3)16-9-6-5-8-15(14)16/h5-6,8-13H,4,7H2,1-3H3,(H,25,26)(H,22,23,24)/b18-12-. The van der Waals surface area contributed by atoms with Gasteiger partial charge < -0.3 is 9.84 Å². The Labute approximate surface area is 168 Å². The topological polar surface area (TPSA) is 88.1 Å². The summed E-state index contributed by atoms with van der Waals surface area (Å²) < 4.78 is 5.89. The van der Waals surface area contributed by atoms with E-state index in [1.165, 1.54) is 0 Å². The first-order chi connectivity index (χ1) is 13.5. The summed E-state index contributed by atoms with van der Waals surface area (Å²) in [6.07, 6.45) is 3.43. The fourth-order valence-corrected chi connectivity index (χ4v) is 3.54. The third-order valence-corrected chi connectivity index (χ3v) is 4.85. The van der Waals surface area contributed by atoms with E-state index < -0.39 is 5.97 Å². The van der Waals surface area contributed by atoms with Crippen LogP contribution in [-0.4, -0.2) is 32.4 Å². The molecule has 0 radical (unpaired) electrons. The summed E-state index contributed by atoms with van der Waals surface area (Å²) in [5.74, 6) is 0.527. The first-order valence-electron chi connectivity index (χ1n) is 9.20. The molecule has 0 aliphatic heterocycles. The van der Waals surface area contributed by atoms with E-state index in [-0.39, 0.29) is 11.0 Å². The third-order valence-electron chi connectivity index (χ3n) is 3.98. The van der Waals surface area contributed by atoms with Crippen molar-refractivity contribution in [3.63, 3.8) is 0 Å². The van der Waals surface area contributed by atoms with Gasteiger partial charge in [-0.2, -0.15) is 0 Å². The van der Waals surface area contributed by atoms with E-state index in [4.69, 9.17) is 4.74 Å². The first-order valence-corrected chi connectivity index (χ1v) is 10.0. The molecule has 1 aromatic heterocycles. The number of ether oxygens (including phenoxy) is 1. The van der Waals surface area contributed by atoms with Crippen LogP contribution < -0.4 is 4.74 Å². The summed E-state index contributed by atoms with van der Waals surface area (Å²) in [5.41, 5.74) is 0.806. The minimum atomic E-state index is -1.02. The lowest BCUT2D eigenvalue weighted by molar-refractivity contribution is -0.131. The van der Waals surface area contributed by atoms with E-state index in [0.717, 1.165) is 52.5 Å². The molecule has 28 heavy (non-hydrogen) atoms. The Balaban J connectivity index is 1.98. The number of hydrogen-bond donors (Lipinski definition) is 2. The lowest BCUT2D eigenvalue weighted by Crippen LogP contribution is -2.06. The van der Waals surface area contributed by atoms with Crippen LogP contribution >= 0.6 is 11.8 Å². The highest BCUT2D eigenvalue weighted by Gasteiger charge is 2.15. The van der Waals surface area contributed by atoms with E-state index in [1.54, 1.807) is 6.08 Å². The van der Waals surface area contributed by atoms with Gasteiger partial charge in [-0.1, -0.05) is 37.3 Å². The van der Waals surface area contributed by atoms with Gasteiger partial charge in [-0.3, -0.25) is 5.10 Å². The van der Waals surface area contributed by atoms with Gasteiger partial charge in [0.05, 0.1) is 6.10 Å². The molecule has 2 N–H and O–H groups in total. The van der Waals surface area contributed by atoms with E-state index in [0.29, 0.717) is 5.16 Å². The van der Waals surface area contributed by atoms with Crippen LogP contribution in [0, 0.1) is 0 Å². The fourth-order valence-electron chi connectivity index (χ4n) is 2.82. The van der Waals surface area contributed by atoms with Crippen LogP contribution in [0.3, 0.4) is 0 Å². The van der Waals surface area contributed by atoms with Gasteiger partial charge >= 0.3 is 5.97 Å². The molecule has 0 unspecified atom stereocenters. The van der Waals surface area contributed by atoms with Crippen molar-refractivity contribution in [1.29, 1.82) is 0 Å². The molecule has 6 nitrogen and oxygen atoms in total. The van der Waals surface area contributed by atoms with Crippen LogP contribution in [0.15, 0.2) is 46.5 Å². The number of carbonyl (C=O) groups is 1. The Hall–Kier alpha value is -2.80. The first kappa shape index (κ1) is 19.9. The predicted molar refractivity (Wildman–Crippen MR) is 112 cm³/mol. The van der Waals surface area contributed by atoms with Crippen molar-refractivity contribution < 1.29 is 14.6 Å². The number of rotatable bonds is 8. The van der Waals surface area contributed by atoms with Crippen molar-refractivity contribution in [2.24, 2.45) is 0 Å². The third kappa shape index (κ3) is 4.72. The van der Waals surface area contributed by atoms with Crippen molar-refractivity contribution in [3.05, 3.63) is 52.7 Å². The lowest BCUT2D eigenvalue weighted by atomic mass is 10.0. The van der Waals surface area contributed by atoms with Gasteiger partial charge in [0.15, 0.2) is 0 Å². The van der Waals surface area contributed by atoms with Gasteiger partial charge in [-0.15, -0.1) is 5.10 Å². The Bertz CT molecular complexity index is 1010. The quantitative estimate of drug-likeness (QED) is 0.414. The summed E-state index contributed by atoms with van der Waals surface area (Å²) in [7, 11) is 0. The number of aryl methyl sites for hydroxylation is 1. The highest BCUT2D eigenvalue weighted by atomic mass is 32.2. The number of nitrogens with zero attached hydrogens (tertiary/aromatic N) is 2. The van der Waals surface area contributed by atoms with E-state index in [1.807, 2.05) is 50.2 Å². The van der Waals surface area contributed by atoms with Crippen molar-refractivity contribution >= 4 is 34.6 Å². The average molecular weight is 398 g/mol. The molecule has 3 aromatic rings. The molecule has 0 saturated heterocycles. The van der Waals surface area contributed by atoms with Crippen LogP contribution in [0.25, 0.3) is 16.8 Å². The molecule has 0 spiro atoms. The maximum absolute atomic E-state index is 11.8. The van der Waals surface area contributed by atoms with Crippen LogP contribution in [0.5, 0.6) is 5.75 Å². The molecule has 0 saturated carbocycles. The molecule has 0 amide bonds. The highest BCUT2D eigenvalue weighted by molar-refractivity contribution is 8.04. The van der Waals surface area contributed by atoms with Gasteiger partial charge in [-0.05, 0) is 55.1 Å². The average Bonchev–Trinajstić information content (AvgIpc) is 3.10. The fraction of sp³-hybridized carbons (Fsp3) is 0.286. The molecule has 0 aliphatic rings. The van der Waals surface area contributed by atoms with Gasteiger partial charge in [0, 0.05) is 11.8 Å². The van der Waals surface area contributed by atoms with Crippen LogP contribution in [0.1, 0.15) is 38.6 Å². The Morgan fingerprint density at radius 3 is 2.68 bits per heavy atom. The zero-order chi connectivity index (χ0) is 20.1. The largest absolute Gasteiger partial charge is 0.490 e. The molecule has 1 heterocycles. The van der Waals surface area contributed by atoms with Gasteiger partial charge in [-0.25, -0.2) is 9.78 Å². The Kier molecular flexibility index (Phi) is 6.36. The summed E-state index contributed by atoms with van der Waals surface area (Å²) in [6, 6.07) is 11.6. The molecule has 0 atom stereocenters. The normalized spacial score (nSPS) is 11.9. The number of benzene rings is 2. The second-order valence-corrected chi connectivity index (χ2v) is 7.60. The number of aromatic amines is 1. The zero-order valence-electron chi connectivity index (χ0n) is 16.1. The van der Waals surface area contributed by atoms with Gasteiger partial charge in [0.2, 0.25) is 5.16 Å². The zero-order valence-corrected chi connectivity index (χ0v) is 16.9. The Morgan fingerprint density at radius 2 is 2.00 bits per heavy atom. The minimum Gasteiger partial charge on any atom is -0.490 e. The number of aromatic nitrogens is 3. The summed E-state index contributed by atoms with van der Waals surface area (Å²) in [6.45, 7) is 6.01. The number of nitrogens with one attached hydrogen (secondary N) is 1. The number of carboxylic acid groups (broad SMARTS) is 1. The van der Waals surface area contributed by atoms with Gasteiger partial charge in [0.1, 0.15) is 16.5 Å². The van der Waals surface area contributed by atoms with E-state index in [9.17, 15) is 9.90 Å². The van der Waals surface area contributed by atoms with Crippen LogP contribution in [0.4, 0.5) is 0 Å². The number of H-pyrrole nitrogens is 1. The predicted octanol–water partition coefficient (Wildman–Crippen LogP) is 4.92. The molecular formula is C21H23N3O3S. The summed E-state index contributed by atoms with van der Waals surface area (Å²) in [4.78, 5) is 16.3. The van der Waals surface area contributed by atoms with Gasteiger partial charge in [0.25, 0.3) is 0 Å². The minimum absolute atomic E-state index is 0.0537. The summed E-state index contributed by atoms with van der Waals surface area (Å²) >= 11 is 1.04. The number of hydrogen-bond acceptors (Lipinski definition) is 5. The number of thioether (sulfide) groups is 1. The molecule has 2 aromatic carbocycles. The van der Waals surface area contributed by atoms with Crippen LogP contribution in [0.2, 0.25) is 0 Å². The smallest absolute Gasteiger partial charge is 0.342 e. The monoisotopic (exact) mass is 397 g/mol. The molecule has 3 rings (SSSR count). The maximum atomic E-state index is 11.8.